The summed E-state index contributed by atoms with van der Waals surface area (Å²) in [6.45, 7) is 2.07. The molecule has 1 aromatic carbocycles. The van der Waals surface area contributed by atoms with Crippen molar-refractivity contribution >= 4 is 5.57 Å². The van der Waals surface area contributed by atoms with E-state index in [-0.39, 0.29) is 0 Å². The summed E-state index contributed by atoms with van der Waals surface area (Å²) in [7, 11) is 0. The maximum Gasteiger partial charge on any atom is 0.120 e. The molecule has 1 N–H and O–H groups in total. The fourth-order valence-corrected chi connectivity index (χ4v) is 2.03. The Labute approximate surface area is 96.3 Å². The van der Waals surface area contributed by atoms with Crippen LogP contribution in [-0.4, -0.2) is 19.2 Å². The molecule has 0 atom stereocenters. The van der Waals surface area contributed by atoms with E-state index in [1.165, 1.54) is 24.0 Å². The number of rotatable bonds is 3. The lowest BCUT2D eigenvalue weighted by Gasteiger charge is -2.15. The first-order valence-corrected chi connectivity index (χ1v) is 6.09. The Morgan fingerprint density at radius 1 is 1.25 bits per heavy atom. The van der Waals surface area contributed by atoms with Crippen molar-refractivity contribution in [2.24, 2.45) is 0 Å². The first-order valence-electron chi connectivity index (χ1n) is 6.09. The summed E-state index contributed by atoms with van der Waals surface area (Å²) in [5, 5.41) is 3.33. The molecule has 0 spiro atoms. The average Bonchev–Trinajstić information content (AvgIpc) is 3.15. The lowest BCUT2D eigenvalue weighted by Crippen LogP contribution is -2.20. The molecule has 0 aromatic heterocycles. The van der Waals surface area contributed by atoms with Crippen LogP contribution in [0.3, 0.4) is 0 Å². The standard InChI is InChI=1S/C14H17NO/c1-2-12(11-6-8-15-9-7-11)10-14(3-1)16-13-4-5-13/h1-3,6,10,13,15H,4-5,7-9H2. The lowest BCUT2D eigenvalue weighted by molar-refractivity contribution is 0.303. The highest BCUT2D eigenvalue weighted by atomic mass is 16.5. The summed E-state index contributed by atoms with van der Waals surface area (Å²) >= 11 is 0. The largest absolute Gasteiger partial charge is 0.490 e. The zero-order valence-electron chi connectivity index (χ0n) is 9.41. The molecule has 2 heteroatoms. The van der Waals surface area contributed by atoms with E-state index in [1.54, 1.807) is 0 Å². The van der Waals surface area contributed by atoms with E-state index in [1.807, 2.05) is 0 Å². The molecular formula is C14H17NO. The van der Waals surface area contributed by atoms with Gasteiger partial charge in [-0.1, -0.05) is 18.2 Å². The summed E-state index contributed by atoms with van der Waals surface area (Å²) in [6, 6.07) is 8.51. The fraction of sp³-hybridized carbons (Fsp3) is 0.429. The molecule has 1 saturated carbocycles. The van der Waals surface area contributed by atoms with Crippen molar-refractivity contribution in [2.75, 3.05) is 13.1 Å². The highest BCUT2D eigenvalue weighted by molar-refractivity contribution is 5.67. The Kier molecular flexibility index (Phi) is 2.66. The van der Waals surface area contributed by atoms with Crippen molar-refractivity contribution in [1.29, 1.82) is 0 Å². The summed E-state index contributed by atoms with van der Waals surface area (Å²) in [5.41, 5.74) is 2.76. The molecule has 0 radical (unpaired) electrons. The number of ether oxygens (including phenoxy) is 1. The first-order chi connectivity index (χ1) is 7.92. The Bertz CT molecular complexity index is 407. The van der Waals surface area contributed by atoms with E-state index in [0.29, 0.717) is 6.10 Å². The van der Waals surface area contributed by atoms with Crippen LogP contribution in [-0.2, 0) is 0 Å². The third-order valence-corrected chi connectivity index (χ3v) is 3.10. The van der Waals surface area contributed by atoms with E-state index in [2.05, 4.69) is 35.7 Å². The molecule has 84 valence electrons. The number of hydrogen-bond donors (Lipinski definition) is 1. The quantitative estimate of drug-likeness (QED) is 0.836. The van der Waals surface area contributed by atoms with E-state index < -0.39 is 0 Å². The van der Waals surface area contributed by atoms with E-state index >= 15 is 0 Å². The average molecular weight is 215 g/mol. The zero-order valence-corrected chi connectivity index (χ0v) is 9.41. The predicted molar refractivity (Wildman–Crippen MR) is 65.6 cm³/mol. The monoisotopic (exact) mass is 215 g/mol. The third kappa shape index (κ3) is 2.27. The summed E-state index contributed by atoms with van der Waals surface area (Å²) < 4.78 is 5.81. The van der Waals surface area contributed by atoms with E-state index in [9.17, 15) is 0 Å². The van der Waals surface area contributed by atoms with Crippen LogP contribution in [0.15, 0.2) is 30.3 Å². The van der Waals surface area contributed by atoms with Crippen molar-refractivity contribution in [1.82, 2.24) is 5.32 Å². The number of hydrogen-bond acceptors (Lipinski definition) is 2. The predicted octanol–water partition coefficient (Wildman–Crippen LogP) is 2.60. The van der Waals surface area contributed by atoms with E-state index in [4.69, 9.17) is 4.74 Å². The van der Waals surface area contributed by atoms with Gasteiger partial charge in [-0.2, -0.15) is 0 Å². The molecular weight excluding hydrogens is 198 g/mol. The van der Waals surface area contributed by atoms with Gasteiger partial charge in [0.1, 0.15) is 5.75 Å². The van der Waals surface area contributed by atoms with Crippen molar-refractivity contribution < 1.29 is 4.74 Å². The van der Waals surface area contributed by atoms with Crippen molar-refractivity contribution in [3.8, 4) is 5.75 Å². The minimum Gasteiger partial charge on any atom is -0.490 e. The first kappa shape index (κ1) is 9.91. The molecule has 0 amide bonds. The fourth-order valence-electron chi connectivity index (χ4n) is 2.03. The Hall–Kier alpha value is -1.28. The van der Waals surface area contributed by atoms with Crippen molar-refractivity contribution in [3.63, 3.8) is 0 Å². The second-order valence-corrected chi connectivity index (χ2v) is 4.53. The van der Waals surface area contributed by atoms with Crippen molar-refractivity contribution in [3.05, 3.63) is 35.9 Å². The molecule has 0 bridgehead atoms. The zero-order chi connectivity index (χ0) is 10.8. The second-order valence-electron chi connectivity index (χ2n) is 4.53. The topological polar surface area (TPSA) is 21.3 Å². The van der Waals surface area contributed by atoms with Crippen LogP contribution in [0.5, 0.6) is 5.75 Å². The maximum absolute atomic E-state index is 5.81. The second kappa shape index (κ2) is 4.30. The van der Waals surface area contributed by atoms with E-state index in [0.717, 1.165) is 25.3 Å². The van der Waals surface area contributed by atoms with Crippen LogP contribution in [0.2, 0.25) is 0 Å². The number of benzene rings is 1. The Balaban J connectivity index is 1.80. The molecule has 1 heterocycles. The summed E-state index contributed by atoms with van der Waals surface area (Å²) in [5.74, 6) is 1.03. The van der Waals surface area contributed by atoms with Crippen LogP contribution in [0.1, 0.15) is 24.8 Å². The number of nitrogens with one attached hydrogen (secondary N) is 1. The van der Waals surface area contributed by atoms with Gasteiger partial charge in [-0.3, -0.25) is 0 Å². The Morgan fingerprint density at radius 2 is 2.19 bits per heavy atom. The van der Waals surface area contributed by atoms with Gasteiger partial charge in [-0.05, 0) is 49.1 Å². The minimum atomic E-state index is 0.484. The van der Waals surface area contributed by atoms with Crippen LogP contribution in [0.25, 0.3) is 5.57 Å². The van der Waals surface area contributed by atoms with Crippen molar-refractivity contribution in [2.45, 2.75) is 25.4 Å². The van der Waals surface area contributed by atoms with Gasteiger partial charge in [-0.15, -0.1) is 0 Å². The summed E-state index contributed by atoms with van der Waals surface area (Å²) in [6.07, 6.45) is 6.32. The van der Waals surface area contributed by atoms with Crippen LogP contribution in [0, 0.1) is 0 Å². The van der Waals surface area contributed by atoms with Gasteiger partial charge in [0.05, 0.1) is 6.10 Å². The van der Waals surface area contributed by atoms with Gasteiger partial charge in [-0.25, -0.2) is 0 Å². The SMILES string of the molecule is C1=C(c2cccc(OC3CC3)c2)CCNC1. The molecule has 0 unspecified atom stereocenters. The molecule has 1 aromatic rings. The van der Waals surface area contributed by atoms with Gasteiger partial charge < -0.3 is 10.1 Å². The molecule has 2 aliphatic rings. The summed E-state index contributed by atoms with van der Waals surface area (Å²) in [4.78, 5) is 0. The molecule has 1 aliphatic carbocycles. The van der Waals surface area contributed by atoms with Gasteiger partial charge in [0, 0.05) is 6.54 Å². The van der Waals surface area contributed by atoms with Gasteiger partial charge in [0.25, 0.3) is 0 Å². The highest BCUT2D eigenvalue weighted by Gasteiger charge is 2.23. The maximum atomic E-state index is 5.81. The minimum absolute atomic E-state index is 0.484. The van der Waals surface area contributed by atoms with Gasteiger partial charge in [0.2, 0.25) is 0 Å². The molecule has 1 aliphatic heterocycles. The van der Waals surface area contributed by atoms with Gasteiger partial charge in [0.15, 0.2) is 0 Å². The van der Waals surface area contributed by atoms with Gasteiger partial charge >= 0.3 is 0 Å². The molecule has 3 rings (SSSR count). The lowest BCUT2D eigenvalue weighted by atomic mass is 10.0. The van der Waals surface area contributed by atoms with Crippen LogP contribution >= 0.6 is 0 Å². The third-order valence-electron chi connectivity index (χ3n) is 3.10. The molecule has 0 saturated heterocycles. The molecule has 1 fully saturated rings. The normalized spacial score (nSPS) is 20.4. The van der Waals surface area contributed by atoms with Crippen LogP contribution < -0.4 is 10.1 Å². The molecule has 2 nitrogen and oxygen atoms in total. The molecule has 16 heavy (non-hydrogen) atoms. The van der Waals surface area contributed by atoms with Crippen LogP contribution in [0.4, 0.5) is 0 Å². The Morgan fingerprint density at radius 3 is 2.94 bits per heavy atom. The highest BCUT2D eigenvalue weighted by Crippen LogP contribution is 2.29. The smallest absolute Gasteiger partial charge is 0.120 e.